The Morgan fingerprint density at radius 1 is 1.16 bits per heavy atom. The quantitative estimate of drug-likeness (QED) is 0.393. The Kier molecular flexibility index (Phi) is 6.94. The van der Waals surface area contributed by atoms with Crippen LogP contribution in [0.4, 0.5) is 21.7 Å². The van der Waals surface area contributed by atoms with Crippen LogP contribution in [0.1, 0.15) is 46.5 Å². The van der Waals surface area contributed by atoms with Crippen molar-refractivity contribution in [3.63, 3.8) is 0 Å². The van der Waals surface area contributed by atoms with Gasteiger partial charge < -0.3 is 36.3 Å². The average Bonchev–Trinajstić information content (AvgIpc) is 3.24. The van der Waals surface area contributed by atoms with Gasteiger partial charge in [0.05, 0.1) is 24.5 Å². The molecule has 1 aliphatic carbocycles. The van der Waals surface area contributed by atoms with Crippen molar-refractivity contribution in [1.29, 1.82) is 0 Å². The Balaban J connectivity index is 1.50. The number of nitrogens with zero attached hydrogens (tertiary/aromatic N) is 4. The van der Waals surface area contributed by atoms with Crippen LogP contribution in [0.3, 0.4) is 0 Å². The minimum Gasteiger partial charge on any atom is -0.378 e. The van der Waals surface area contributed by atoms with E-state index in [-0.39, 0.29) is 35.2 Å². The number of rotatable bonds is 6. The normalized spacial score (nSPS) is 20.1. The molecule has 4 heterocycles. The summed E-state index contributed by atoms with van der Waals surface area (Å²) in [7, 11) is 1.77. The van der Waals surface area contributed by atoms with Gasteiger partial charge in [-0.25, -0.2) is 14.4 Å². The van der Waals surface area contributed by atoms with Crippen molar-refractivity contribution in [2.75, 3.05) is 36.9 Å². The van der Waals surface area contributed by atoms with Gasteiger partial charge in [-0.3, -0.25) is 9.59 Å². The molecule has 0 bridgehead atoms. The van der Waals surface area contributed by atoms with Crippen LogP contribution >= 0.6 is 0 Å². The number of halogens is 1. The minimum atomic E-state index is -0.823. The molecular weight excluding hydrogens is 479 g/mol. The number of carbonyl (C=O) groups excluding carboxylic acids is 2. The van der Waals surface area contributed by atoms with Crippen molar-refractivity contribution in [1.82, 2.24) is 19.4 Å². The second-order valence-corrected chi connectivity index (χ2v) is 9.49. The van der Waals surface area contributed by atoms with Gasteiger partial charge in [0.2, 0.25) is 0 Å². The fourth-order valence-corrected chi connectivity index (χ4v) is 4.98. The number of nitrogens with two attached hydrogens (primary N) is 2. The van der Waals surface area contributed by atoms with Crippen LogP contribution in [0, 0.1) is 5.82 Å². The van der Waals surface area contributed by atoms with Gasteiger partial charge in [-0.15, -0.1) is 0 Å². The molecule has 2 atom stereocenters. The first-order chi connectivity index (χ1) is 17.8. The maximum absolute atomic E-state index is 14.9. The van der Waals surface area contributed by atoms with E-state index >= 15 is 0 Å². The van der Waals surface area contributed by atoms with Gasteiger partial charge in [-0.1, -0.05) is 12.8 Å². The van der Waals surface area contributed by atoms with E-state index in [0.29, 0.717) is 48.7 Å². The fraction of sp³-hybridized carbons (Fsp3) is 0.440. The zero-order chi connectivity index (χ0) is 26.1. The molecule has 2 fully saturated rings. The highest BCUT2D eigenvalue weighted by molar-refractivity contribution is 6.03. The first-order valence-electron chi connectivity index (χ1n) is 12.4. The van der Waals surface area contributed by atoms with Crippen molar-refractivity contribution >= 4 is 40.2 Å². The second-order valence-electron chi connectivity index (χ2n) is 9.49. The number of aromatic nitrogens is 3. The lowest BCUT2D eigenvalue weighted by Gasteiger charge is -2.30. The van der Waals surface area contributed by atoms with E-state index in [0.717, 1.165) is 31.7 Å². The van der Waals surface area contributed by atoms with Crippen LogP contribution < -0.4 is 22.1 Å². The summed E-state index contributed by atoms with van der Waals surface area (Å²) in [6.07, 6.45) is 5.26. The van der Waals surface area contributed by atoms with Crippen molar-refractivity contribution < 1.29 is 18.7 Å². The average molecular weight is 511 g/mol. The number of carbonyl (C=O) groups is 2. The van der Waals surface area contributed by atoms with Gasteiger partial charge in [0.25, 0.3) is 11.8 Å². The van der Waals surface area contributed by atoms with E-state index in [1.807, 2.05) is 0 Å². The number of anilines is 3. The van der Waals surface area contributed by atoms with E-state index < -0.39 is 11.7 Å². The highest BCUT2D eigenvalue weighted by Gasteiger charge is 2.26. The van der Waals surface area contributed by atoms with Crippen molar-refractivity contribution in [2.24, 2.45) is 18.5 Å². The Morgan fingerprint density at radius 3 is 2.65 bits per heavy atom. The second kappa shape index (κ2) is 10.3. The van der Waals surface area contributed by atoms with Crippen LogP contribution in [-0.4, -0.2) is 69.6 Å². The summed E-state index contributed by atoms with van der Waals surface area (Å²) in [5, 5.41) is 6.88. The van der Waals surface area contributed by atoms with Crippen LogP contribution in [0.5, 0.6) is 0 Å². The van der Waals surface area contributed by atoms with E-state index in [9.17, 15) is 14.0 Å². The predicted octanol–water partition coefficient (Wildman–Crippen LogP) is 2.10. The molecule has 0 aromatic carbocycles. The summed E-state index contributed by atoms with van der Waals surface area (Å²) < 4.78 is 22.0. The summed E-state index contributed by atoms with van der Waals surface area (Å²) in [5.41, 5.74) is 13.3. The third-order valence-electron chi connectivity index (χ3n) is 7.08. The summed E-state index contributed by atoms with van der Waals surface area (Å²) in [5.74, 6) is -1.54. The number of hydrogen-bond donors (Lipinski definition) is 4. The lowest BCUT2D eigenvalue weighted by Crippen LogP contribution is -2.43. The molecule has 3 aromatic rings. The molecule has 1 saturated heterocycles. The lowest BCUT2D eigenvalue weighted by molar-refractivity contribution is 0.0297. The third-order valence-corrected chi connectivity index (χ3v) is 7.08. The van der Waals surface area contributed by atoms with Crippen LogP contribution in [0.2, 0.25) is 0 Å². The molecule has 2 aliphatic rings. The first-order valence-corrected chi connectivity index (χ1v) is 12.4. The molecule has 12 heteroatoms. The molecule has 196 valence electrons. The first kappa shape index (κ1) is 24.9. The van der Waals surface area contributed by atoms with Gasteiger partial charge in [0, 0.05) is 43.8 Å². The molecule has 11 nitrogen and oxygen atoms in total. The topological polar surface area (TPSA) is 153 Å². The molecule has 5 rings (SSSR count). The van der Waals surface area contributed by atoms with E-state index in [2.05, 4.69) is 20.6 Å². The van der Waals surface area contributed by atoms with Crippen molar-refractivity contribution in [3.8, 4) is 0 Å². The zero-order valence-electron chi connectivity index (χ0n) is 20.7. The van der Waals surface area contributed by atoms with Gasteiger partial charge >= 0.3 is 0 Å². The molecule has 0 radical (unpaired) electrons. The molecule has 0 spiro atoms. The monoisotopic (exact) mass is 510 g/mol. The summed E-state index contributed by atoms with van der Waals surface area (Å²) in [4.78, 5) is 35.9. The number of nitrogens with one attached hydrogen (secondary N) is 2. The smallest absolute Gasteiger partial charge is 0.270 e. The number of hydrogen-bond acceptors (Lipinski definition) is 8. The third kappa shape index (κ3) is 4.94. The Morgan fingerprint density at radius 2 is 1.92 bits per heavy atom. The van der Waals surface area contributed by atoms with Crippen LogP contribution in [0.15, 0.2) is 24.4 Å². The fourth-order valence-electron chi connectivity index (χ4n) is 4.98. The molecule has 1 saturated carbocycles. The Hall–Kier alpha value is -3.77. The molecule has 37 heavy (non-hydrogen) atoms. The molecule has 2 amide bonds. The number of morpholine rings is 1. The summed E-state index contributed by atoms with van der Waals surface area (Å²) >= 11 is 0. The molecule has 6 N–H and O–H groups in total. The number of aryl methyl sites for hydroxylation is 1. The van der Waals surface area contributed by atoms with Gasteiger partial charge in [-0.2, -0.15) is 0 Å². The zero-order valence-corrected chi connectivity index (χ0v) is 20.7. The maximum atomic E-state index is 14.9. The predicted molar refractivity (Wildman–Crippen MR) is 137 cm³/mol. The Labute approximate surface area is 213 Å². The number of fused-ring (bicyclic) bond motifs is 1. The number of pyridine rings is 2. The van der Waals surface area contributed by atoms with Gasteiger partial charge in [-0.05, 0) is 31.0 Å². The molecule has 1 aliphatic heterocycles. The summed E-state index contributed by atoms with van der Waals surface area (Å²) in [6.45, 7) is 2.02. The highest BCUT2D eigenvalue weighted by Crippen LogP contribution is 2.31. The number of amides is 2. The lowest BCUT2D eigenvalue weighted by atomic mass is 9.91. The molecule has 3 aromatic heterocycles. The molecular formula is C25H31FN8O3. The highest BCUT2D eigenvalue weighted by atomic mass is 19.1. The number of primary amides is 1. The van der Waals surface area contributed by atoms with Crippen molar-refractivity contribution in [2.45, 2.75) is 37.8 Å². The number of ether oxygens (including phenoxy) is 1. The van der Waals surface area contributed by atoms with Crippen LogP contribution in [0.25, 0.3) is 11.0 Å². The van der Waals surface area contributed by atoms with Crippen molar-refractivity contribution in [3.05, 3.63) is 41.5 Å². The van der Waals surface area contributed by atoms with E-state index in [4.69, 9.17) is 16.2 Å². The Bertz CT molecular complexity index is 1340. The van der Waals surface area contributed by atoms with Gasteiger partial charge in [0.1, 0.15) is 17.2 Å². The maximum Gasteiger partial charge on any atom is 0.270 e. The van der Waals surface area contributed by atoms with E-state index in [1.165, 1.54) is 0 Å². The van der Waals surface area contributed by atoms with Crippen LogP contribution in [-0.2, 0) is 11.8 Å². The minimum absolute atomic E-state index is 0.00334. The molecule has 1 unspecified atom stereocenters. The summed E-state index contributed by atoms with van der Waals surface area (Å²) in [6, 6.07) is 4.28. The standard InChI is InChI=1S/C25H31FN8O3/c1-33-20(25(36)34-8-10-37-11-9-34)13-14-18(6-7-29-24(14)33)30-22-15(21(28)35)12-16(26)23(32-22)31-19-5-3-2-4-17(19)27/h6-7,12-13,17,19H,2-5,8-11,27H2,1H3,(H2,28,35)(H2,29,30,31,32)/t17-,19?/m0/s1. The van der Waals surface area contributed by atoms with Gasteiger partial charge in [0.15, 0.2) is 11.6 Å². The SMILES string of the molecule is Cn1c(C(=O)N2CCOCC2)cc2c(Nc3nc(NC4CCCC[C@@H]4N)c(F)cc3C(N)=O)ccnc21. The largest absolute Gasteiger partial charge is 0.378 e. The van der Waals surface area contributed by atoms with E-state index in [1.54, 1.807) is 34.8 Å².